The van der Waals surface area contributed by atoms with E-state index in [2.05, 4.69) is 21.2 Å². The number of rotatable bonds is 3. The summed E-state index contributed by atoms with van der Waals surface area (Å²) in [5.74, 6) is -0.504. The summed E-state index contributed by atoms with van der Waals surface area (Å²) in [4.78, 5) is 28.4. The molecule has 1 N–H and O–H groups in total. The fourth-order valence-corrected chi connectivity index (χ4v) is 4.11. The number of hydrogen-bond acceptors (Lipinski definition) is 3. The van der Waals surface area contributed by atoms with E-state index >= 15 is 0 Å². The first-order chi connectivity index (χ1) is 11.5. The molecule has 1 heterocycles. The zero-order valence-electron chi connectivity index (χ0n) is 13.4. The van der Waals surface area contributed by atoms with Gasteiger partial charge in [-0.1, -0.05) is 39.8 Å². The van der Waals surface area contributed by atoms with Crippen LogP contribution < -0.4 is 10.2 Å². The summed E-state index contributed by atoms with van der Waals surface area (Å²) in [7, 11) is 0. The maximum absolute atomic E-state index is 13.0. The highest BCUT2D eigenvalue weighted by Gasteiger charge is 2.48. The lowest BCUT2D eigenvalue weighted by Gasteiger charge is -2.38. The van der Waals surface area contributed by atoms with Gasteiger partial charge in [0.1, 0.15) is 0 Å². The predicted molar refractivity (Wildman–Crippen MR) is 102 cm³/mol. The van der Waals surface area contributed by atoms with Crippen LogP contribution in [0, 0.1) is 0 Å². The Morgan fingerprint density at radius 3 is 2.54 bits per heavy atom. The van der Waals surface area contributed by atoms with Gasteiger partial charge in [0.15, 0.2) is 4.75 Å². The Hall–Kier alpha value is -1.79. The van der Waals surface area contributed by atoms with Crippen molar-refractivity contribution in [2.24, 2.45) is 0 Å². The lowest BCUT2D eigenvalue weighted by molar-refractivity contribution is -0.128. The average molecular weight is 405 g/mol. The SMILES string of the molecule is CCN1C(=O)C(C)(C(=O)Nc2ccc(Br)cc2)Sc2ccccc21. The largest absolute Gasteiger partial charge is 0.324 e. The fraction of sp³-hybridized carbons (Fsp3) is 0.222. The van der Waals surface area contributed by atoms with Crippen molar-refractivity contribution in [2.45, 2.75) is 23.5 Å². The molecule has 2 aromatic carbocycles. The highest BCUT2D eigenvalue weighted by Crippen LogP contribution is 2.45. The molecule has 2 amide bonds. The maximum atomic E-state index is 13.0. The molecule has 1 unspecified atom stereocenters. The molecule has 2 aromatic rings. The van der Waals surface area contributed by atoms with Crippen molar-refractivity contribution in [1.29, 1.82) is 0 Å². The van der Waals surface area contributed by atoms with Gasteiger partial charge in [-0.15, -0.1) is 0 Å². The van der Waals surface area contributed by atoms with Crippen LogP contribution in [0.15, 0.2) is 57.9 Å². The summed E-state index contributed by atoms with van der Waals surface area (Å²) in [6, 6.07) is 15.0. The van der Waals surface area contributed by atoms with Crippen molar-refractivity contribution >= 4 is 50.9 Å². The minimum Gasteiger partial charge on any atom is -0.324 e. The van der Waals surface area contributed by atoms with Gasteiger partial charge < -0.3 is 10.2 Å². The highest BCUT2D eigenvalue weighted by molar-refractivity contribution is 9.10. The molecule has 0 spiro atoms. The van der Waals surface area contributed by atoms with E-state index in [4.69, 9.17) is 0 Å². The molecule has 0 saturated heterocycles. The molecule has 6 heteroatoms. The number of nitrogens with one attached hydrogen (secondary N) is 1. The van der Waals surface area contributed by atoms with Crippen LogP contribution in [0.25, 0.3) is 0 Å². The van der Waals surface area contributed by atoms with Crippen molar-refractivity contribution in [3.05, 3.63) is 53.0 Å². The second-order valence-electron chi connectivity index (χ2n) is 5.61. The van der Waals surface area contributed by atoms with E-state index in [0.717, 1.165) is 15.1 Å². The third-order valence-electron chi connectivity index (χ3n) is 3.98. The van der Waals surface area contributed by atoms with E-state index in [1.54, 1.807) is 24.0 Å². The summed E-state index contributed by atoms with van der Waals surface area (Å²) in [5.41, 5.74) is 1.53. The number of amides is 2. The number of nitrogens with zero attached hydrogens (tertiary/aromatic N) is 1. The number of thioether (sulfide) groups is 1. The molecule has 0 aliphatic carbocycles. The Balaban J connectivity index is 1.92. The van der Waals surface area contributed by atoms with Crippen molar-refractivity contribution in [3.63, 3.8) is 0 Å². The second-order valence-corrected chi connectivity index (χ2v) is 7.99. The van der Waals surface area contributed by atoms with Crippen LogP contribution in [0.2, 0.25) is 0 Å². The quantitative estimate of drug-likeness (QED) is 0.775. The monoisotopic (exact) mass is 404 g/mol. The molecule has 24 heavy (non-hydrogen) atoms. The first-order valence-electron chi connectivity index (χ1n) is 7.62. The molecule has 0 fully saturated rings. The molecule has 124 valence electrons. The number of carbonyl (C=O) groups is 2. The van der Waals surface area contributed by atoms with Crippen LogP contribution in [0.4, 0.5) is 11.4 Å². The second kappa shape index (κ2) is 6.61. The normalized spacial score (nSPS) is 19.8. The Bertz CT molecular complexity index is 794. The van der Waals surface area contributed by atoms with Gasteiger partial charge in [0.25, 0.3) is 5.91 Å². The van der Waals surface area contributed by atoms with E-state index in [0.29, 0.717) is 12.2 Å². The number of para-hydroxylation sites is 1. The van der Waals surface area contributed by atoms with E-state index in [9.17, 15) is 9.59 Å². The van der Waals surface area contributed by atoms with E-state index < -0.39 is 4.75 Å². The number of halogens is 1. The Kier molecular flexibility index (Phi) is 4.69. The van der Waals surface area contributed by atoms with Gasteiger partial charge in [0, 0.05) is 21.6 Å². The molecule has 1 aliphatic rings. The van der Waals surface area contributed by atoms with Crippen LogP contribution in [0.5, 0.6) is 0 Å². The number of fused-ring (bicyclic) bond motifs is 1. The molecule has 0 saturated carbocycles. The third-order valence-corrected chi connectivity index (χ3v) is 5.84. The summed E-state index contributed by atoms with van der Waals surface area (Å²) in [6.45, 7) is 4.13. The lowest BCUT2D eigenvalue weighted by atomic mass is 10.1. The van der Waals surface area contributed by atoms with Crippen LogP contribution >= 0.6 is 27.7 Å². The minimum absolute atomic E-state index is 0.191. The van der Waals surface area contributed by atoms with Crippen molar-refractivity contribution in [3.8, 4) is 0 Å². The molecule has 4 nitrogen and oxygen atoms in total. The predicted octanol–water partition coefficient (Wildman–Crippen LogP) is 4.31. The number of carbonyl (C=O) groups excluding carboxylic acids is 2. The van der Waals surface area contributed by atoms with Gasteiger partial charge in [0.2, 0.25) is 5.91 Å². The van der Waals surface area contributed by atoms with Crippen LogP contribution in [-0.4, -0.2) is 23.1 Å². The molecule has 3 rings (SSSR count). The van der Waals surface area contributed by atoms with Crippen LogP contribution in [0.1, 0.15) is 13.8 Å². The van der Waals surface area contributed by atoms with Gasteiger partial charge in [-0.3, -0.25) is 9.59 Å². The average Bonchev–Trinajstić information content (AvgIpc) is 2.58. The zero-order chi connectivity index (χ0) is 17.3. The first-order valence-corrected chi connectivity index (χ1v) is 9.23. The number of anilines is 2. The summed E-state index contributed by atoms with van der Waals surface area (Å²) >= 11 is 4.67. The topological polar surface area (TPSA) is 49.4 Å². The summed E-state index contributed by atoms with van der Waals surface area (Å²) in [6.07, 6.45) is 0. The highest BCUT2D eigenvalue weighted by atomic mass is 79.9. The van der Waals surface area contributed by atoms with Gasteiger partial charge in [-0.05, 0) is 50.2 Å². The van der Waals surface area contributed by atoms with Crippen LogP contribution in [-0.2, 0) is 9.59 Å². The Morgan fingerprint density at radius 2 is 1.88 bits per heavy atom. The van der Waals surface area contributed by atoms with Gasteiger partial charge in [-0.2, -0.15) is 0 Å². The summed E-state index contributed by atoms with van der Waals surface area (Å²) in [5, 5.41) is 2.86. The van der Waals surface area contributed by atoms with Gasteiger partial charge in [0.05, 0.1) is 5.69 Å². The van der Waals surface area contributed by atoms with Crippen LogP contribution in [0.3, 0.4) is 0 Å². The van der Waals surface area contributed by atoms with E-state index in [1.165, 1.54) is 11.8 Å². The Morgan fingerprint density at radius 1 is 1.21 bits per heavy atom. The fourth-order valence-electron chi connectivity index (χ4n) is 2.64. The van der Waals surface area contributed by atoms with Crippen molar-refractivity contribution in [1.82, 2.24) is 0 Å². The van der Waals surface area contributed by atoms with Gasteiger partial charge in [-0.25, -0.2) is 0 Å². The summed E-state index contributed by atoms with van der Waals surface area (Å²) < 4.78 is -0.266. The standard InChI is InChI=1S/C18H17BrN2O2S/c1-3-21-14-6-4-5-7-15(14)24-18(2,17(21)23)16(22)20-13-10-8-12(19)9-11-13/h4-11H,3H2,1-2H3,(H,20,22). The zero-order valence-corrected chi connectivity index (χ0v) is 15.8. The molecule has 1 aliphatic heterocycles. The lowest BCUT2D eigenvalue weighted by Crippen LogP contribution is -2.54. The maximum Gasteiger partial charge on any atom is 0.252 e. The number of hydrogen-bond donors (Lipinski definition) is 1. The molecular formula is C18H17BrN2O2S. The third kappa shape index (κ3) is 2.96. The van der Waals surface area contributed by atoms with Gasteiger partial charge >= 0.3 is 0 Å². The molecule has 1 atom stereocenters. The molecule has 0 radical (unpaired) electrons. The van der Waals surface area contributed by atoms with E-state index in [1.807, 2.05) is 43.3 Å². The number of benzene rings is 2. The van der Waals surface area contributed by atoms with E-state index in [-0.39, 0.29) is 11.8 Å². The minimum atomic E-state index is -1.20. The van der Waals surface area contributed by atoms with Crippen molar-refractivity contribution < 1.29 is 9.59 Å². The molecular weight excluding hydrogens is 388 g/mol. The first kappa shape index (κ1) is 17.0. The molecule has 0 bridgehead atoms. The smallest absolute Gasteiger partial charge is 0.252 e. The molecule has 0 aromatic heterocycles. The van der Waals surface area contributed by atoms with Crippen molar-refractivity contribution in [2.75, 3.05) is 16.8 Å². The Labute approximate surface area is 153 Å².